The Balaban J connectivity index is 1.70. The molecule has 0 spiro atoms. The summed E-state index contributed by atoms with van der Waals surface area (Å²) < 4.78 is 5.14. The number of nitrogens with zero attached hydrogens (tertiary/aromatic N) is 1. The smallest absolute Gasteiger partial charge is 0.247 e. The highest BCUT2D eigenvalue weighted by Crippen LogP contribution is 2.37. The Kier molecular flexibility index (Phi) is 5.79. The van der Waals surface area contributed by atoms with Gasteiger partial charge in [0.15, 0.2) is 0 Å². The molecule has 1 aliphatic carbocycles. The van der Waals surface area contributed by atoms with Gasteiger partial charge in [-0.1, -0.05) is 6.42 Å². The van der Waals surface area contributed by atoms with Crippen LogP contribution in [0.2, 0.25) is 0 Å². The van der Waals surface area contributed by atoms with Crippen LogP contribution in [0.15, 0.2) is 24.3 Å². The first kappa shape index (κ1) is 18.3. The molecule has 1 aromatic heterocycles. The second kappa shape index (κ2) is 8.24. The van der Waals surface area contributed by atoms with Gasteiger partial charge in [0.2, 0.25) is 5.91 Å². The molecule has 1 amide bonds. The van der Waals surface area contributed by atoms with Gasteiger partial charge >= 0.3 is 0 Å². The second-order valence-corrected chi connectivity index (χ2v) is 7.57. The molecule has 6 heteroatoms. The van der Waals surface area contributed by atoms with Crippen LogP contribution in [0.4, 0.5) is 10.7 Å². The molecule has 1 atom stereocenters. The van der Waals surface area contributed by atoms with Gasteiger partial charge in [-0.25, -0.2) is 0 Å². The van der Waals surface area contributed by atoms with Crippen molar-refractivity contribution in [2.45, 2.75) is 45.1 Å². The number of anilines is 2. The normalized spacial score (nSPS) is 14.5. The molecule has 1 aromatic carbocycles. The van der Waals surface area contributed by atoms with Gasteiger partial charge in [0, 0.05) is 10.6 Å². The lowest BCUT2D eigenvalue weighted by Gasteiger charge is -2.15. The number of fused-ring (bicyclic) bond motifs is 1. The summed E-state index contributed by atoms with van der Waals surface area (Å²) in [6, 6.07) is 9.31. The summed E-state index contributed by atoms with van der Waals surface area (Å²) in [5, 5.41) is 16.4. The molecule has 1 aliphatic rings. The molecule has 1 heterocycles. The zero-order valence-electron chi connectivity index (χ0n) is 15.1. The fourth-order valence-electron chi connectivity index (χ4n) is 3.17. The van der Waals surface area contributed by atoms with Crippen LogP contribution in [-0.4, -0.2) is 19.1 Å². The maximum atomic E-state index is 12.6. The zero-order chi connectivity index (χ0) is 18.5. The van der Waals surface area contributed by atoms with E-state index in [1.165, 1.54) is 11.3 Å². The molecule has 0 bridgehead atoms. The minimum atomic E-state index is -0.420. The molecule has 3 rings (SSSR count). The number of hydrogen-bond donors (Lipinski definition) is 2. The van der Waals surface area contributed by atoms with Crippen molar-refractivity contribution < 1.29 is 9.53 Å². The van der Waals surface area contributed by atoms with E-state index in [0.29, 0.717) is 10.6 Å². The van der Waals surface area contributed by atoms with Crippen LogP contribution < -0.4 is 15.4 Å². The third-order valence-electron chi connectivity index (χ3n) is 4.64. The molecule has 26 heavy (non-hydrogen) atoms. The van der Waals surface area contributed by atoms with Crippen molar-refractivity contribution in [1.82, 2.24) is 0 Å². The monoisotopic (exact) mass is 369 g/mol. The number of ether oxygens (including phenoxy) is 1. The molecule has 2 N–H and O–H groups in total. The number of methoxy groups -OCH3 is 1. The van der Waals surface area contributed by atoms with Gasteiger partial charge in [-0.15, -0.1) is 11.3 Å². The van der Waals surface area contributed by atoms with Crippen molar-refractivity contribution in [1.29, 1.82) is 5.26 Å². The van der Waals surface area contributed by atoms with Gasteiger partial charge in [0.25, 0.3) is 0 Å². The Labute approximate surface area is 158 Å². The minimum Gasteiger partial charge on any atom is -0.497 e. The van der Waals surface area contributed by atoms with Crippen LogP contribution >= 0.6 is 11.3 Å². The van der Waals surface area contributed by atoms with E-state index in [1.54, 1.807) is 18.4 Å². The topological polar surface area (TPSA) is 74.2 Å². The molecule has 136 valence electrons. The van der Waals surface area contributed by atoms with E-state index in [9.17, 15) is 10.1 Å². The first-order chi connectivity index (χ1) is 12.6. The van der Waals surface area contributed by atoms with Crippen LogP contribution in [0.5, 0.6) is 5.75 Å². The predicted molar refractivity (Wildman–Crippen MR) is 105 cm³/mol. The molecular weight excluding hydrogens is 346 g/mol. The predicted octanol–water partition coefficient (Wildman–Crippen LogP) is 4.34. The highest BCUT2D eigenvalue weighted by atomic mass is 32.1. The lowest BCUT2D eigenvalue weighted by molar-refractivity contribution is -0.116. The van der Waals surface area contributed by atoms with Crippen molar-refractivity contribution in [3.8, 4) is 11.8 Å². The number of benzene rings is 1. The number of thiophene rings is 1. The van der Waals surface area contributed by atoms with Gasteiger partial charge in [-0.2, -0.15) is 5.26 Å². The Morgan fingerprint density at radius 1 is 1.23 bits per heavy atom. The van der Waals surface area contributed by atoms with Crippen LogP contribution in [-0.2, 0) is 17.6 Å². The summed E-state index contributed by atoms with van der Waals surface area (Å²) in [4.78, 5) is 13.8. The van der Waals surface area contributed by atoms with Crippen molar-refractivity contribution in [2.75, 3.05) is 17.7 Å². The van der Waals surface area contributed by atoms with E-state index < -0.39 is 6.04 Å². The molecule has 0 unspecified atom stereocenters. The van der Waals surface area contributed by atoms with Gasteiger partial charge in [0.1, 0.15) is 22.9 Å². The largest absolute Gasteiger partial charge is 0.497 e. The molecule has 2 aromatic rings. The zero-order valence-corrected chi connectivity index (χ0v) is 15.9. The first-order valence-corrected chi connectivity index (χ1v) is 9.70. The highest BCUT2D eigenvalue weighted by Gasteiger charge is 2.22. The van der Waals surface area contributed by atoms with Gasteiger partial charge in [0.05, 0.1) is 12.7 Å². The van der Waals surface area contributed by atoms with E-state index in [-0.39, 0.29) is 5.91 Å². The van der Waals surface area contributed by atoms with E-state index in [2.05, 4.69) is 16.7 Å². The summed E-state index contributed by atoms with van der Waals surface area (Å²) in [6.07, 6.45) is 5.41. The van der Waals surface area contributed by atoms with E-state index in [0.717, 1.165) is 42.7 Å². The Bertz CT molecular complexity index is 821. The van der Waals surface area contributed by atoms with E-state index in [4.69, 9.17) is 4.74 Å². The number of nitriles is 1. The Morgan fingerprint density at radius 2 is 1.96 bits per heavy atom. The van der Waals surface area contributed by atoms with Crippen LogP contribution in [0.3, 0.4) is 0 Å². The molecular formula is C20H23N3O2S. The Hall–Kier alpha value is -2.52. The van der Waals surface area contributed by atoms with Crippen molar-refractivity contribution in [2.24, 2.45) is 0 Å². The molecule has 0 radical (unpaired) electrons. The lowest BCUT2D eigenvalue weighted by Crippen LogP contribution is -2.31. The van der Waals surface area contributed by atoms with Crippen molar-refractivity contribution in [3.05, 3.63) is 40.3 Å². The summed E-state index contributed by atoms with van der Waals surface area (Å²) in [5.41, 5.74) is 2.63. The van der Waals surface area contributed by atoms with Crippen LogP contribution in [0.1, 0.15) is 42.2 Å². The summed E-state index contributed by atoms with van der Waals surface area (Å²) in [6.45, 7) is 1.81. The number of hydrogen-bond acceptors (Lipinski definition) is 5. The summed E-state index contributed by atoms with van der Waals surface area (Å²) in [7, 11) is 1.62. The molecule has 0 saturated carbocycles. The molecule has 0 aliphatic heterocycles. The summed E-state index contributed by atoms with van der Waals surface area (Å²) in [5.74, 6) is 0.625. The number of aryl methyl sites for hydroxylation is 1. The number of amides is 1. The Morgan fingerprint density at radius 3 is 2.65 bits per heavy atom. The van der Waals surface area contributed by atoms with Gasteiger partial charge in [-0.3, -0.25) is 4.79 Å². The lowest BCUT2D eigenvalue weighted by atomic mass is 10.1. The van der Waals surface area contributed by atoms with Crippen LogP contribution in [0.25, 0.3) is 0 Å². The van der Waals surface area contributed by atoms with Crippen molar-refractivity contribution in [3.63, 3.8) is 0 Å². The minimum absolute atomic E-state index is 0.145. The average molecular weight is 369 g/mol. The molecule has 0 fully saturated rings. The third-order valence-corrected chi connectivity index (χ3v) is 5.84. The van der Waals surface area contributed by atoms with Gasteiger partial charge < -0.3 is 15.4 Å². The standard InChI is InChI=1S/C20H23N3O2S/c1-13(22-14-8-10-15(25-2)11-9-14)19(24)23-20-17(12-21)16-6-4-3-5-7-18(16)26-20/h8-11,13,22H,3-7H2,1-2H3,(H,23,24)/t13-/m0/s1. The third kappa shape index (κ3) is 4.00. The first-order valence-electron chi connectivity index (χ1n) is 8.88. The molecule has 5 nitrogen and oxygen atoms in total. The molecule has 0 saturated heterocycles. The fraction of sp³-hybridized carbons (Fsp3) is 0.400. The maximum Gasteiger partial charge on any atom is 0.247 e. The van der Waals surface area contributed by atoms with Crippen LogP contribution in [0, 0.1) is 11.3 Å². The average Bonchev–Trinajstić information content (AvgIpc) is 2.81. The quantitative estimate of drug-likeness (QED) is 0.769. The SMILES string of the molecule is COc1ccc(N[C@@H](C)C(=O)Nc2sc3c(c2C#N)CCCCC3)cc1. The van der Waals surface area contributed by atoms with Crippen molar-refractivity contribution >= 4 is 27.9 Å². The number of rotatable bonds is 5. The van der Waals surface area contributed by atoms with E-state index in [1.807, 2.05) is 31.2 Å². The fourth-order valence-corrected chi connectivity index (χ4v) is 4.41. The number of carbonyl (C=O) groups excluding carboxylic acids is 1. The highest BCUT2D eigenvalue weighted by molar-refractivity contribution is 7.16. The number of nitrogens with one attached hydrogen (secondary N) is 2. The van der Waals surface area contributed by atoms with Gasteiger partial charge in [-0.05, 0) is 62.4 Å². The summed E-state index contributed by atoms with van der Waals surface area (Å²) >= 11 is 1.56. The van der Waals surface area contributed by atoms with E-state index >= 15 is 0 Å². The number of carbonyl (C=O) groups is 1. The maximum absolute atomic E-state index is 12.6. The second-order valence-electron chi connectivity index (χ2n) is 6.46.